The summed E-state index contributed by atoms with van der Waals surface area (Å²) in [5, 5.41) is 13.1. The van der Waals surface area contributed by atoms with E-state index in [1.54, 1.807) is 24.3 Å². The molecule has 136 valence electrons. The van der Waals surface area contributed by atoms with Crippen molar-refractivity contribution in [3.8, 4) is 0 Å². The number of carbonyl (C=O) groups excluding carboxylic acids is 1. The molecule has 1 aliphatic rings. The van der Waals surface area contributed by atoms with Gasteiger partial charge in [0.2, 0.25) is 0 Å². The van der Waals surface area contributed by atoms with Crippen molar-refractivity contribution in [2.45, 2.75) is 25.7 Å². The van der Waals surface area contributed by atoms with Gasteiger partial charge in [-0.05, 0) is 42.0 Å². The molecule has 3 aromatic rings. The number of aromatic nitrogens is 1. The molecule has 1 unspecified atom stereocenters. The Kier molecular flexibility index (Phi) is 4.59. The third-order valence-corrected chi connectivity index (χ3v) is 5.00. The predicted molar refractivity (Wildman–Crippen MR) is 99.0 cm³/mol. The molecule has 1 atom stereocenters. The molecule has 1 aromatic heterocycles. The van der Waals surface area contributed by atoms with E-state index in [9.17, 15) is 9.59 Å². The van der Waals surface area contributed by atoms with Gasteiger partial charge in [-0.2, -0.15) is 0 Å². The highest BCUT2D eigenvalue weighted by molar-refractivity contribution is 5.99. The largest absolute Gasteiger partial charge is 0.478 e. The van der Waals surface area contributed by atoms with Crippen molar-refractivity contribution >= 4 is 11.8 Å². The van der Waals surface area contributed by atoms with Crippen LogP contribution in [0.5, 0.6) is 0 Å². The molecule has 1 heterocycles. The first-order valence-electron chi connectivity index (χ1n) is 8.97. The molecule has 0 spiro atoms. The fourth-order valence-electron chi connectivity index (χ4n) is 3.69. The molecule has 27 heavy (non-hydrogen) atoms. The monoisotopic (exact) mass is 361 g/mol. The Balaban J connectivity index is 1.51. The molecule has 0 radical (unpaired) electrons. The number of carboxylic acids is 1. The Morgan fingerprint density at radius 1 is 1.04 bits per heavy atom. The topological polar surface area (TPSA) is 80.4 Å². The molecule has 0 amide bonds. The minimum Gasteiger partial charge on any atom is -0.478 e. The number of carboxylic acid groups (broad SMARTS) is 1. The molecule has 0 aliphatic heterocycles. The summed E-state index contributed by atoms with van der Waals surface area (Å²) in [6, 6.07) is 16.7. The van der Waals surface area contributed by atoms with Crippen molar-refractivity contribution in [1.82, 2.24) is 5.16 Å². The maximum Gasteiger partial charge on any atom is 0.335 e. The summed E-state index contributed by atoms with van der Waals surface area (Å²) in [6.07, 6.45) is 2.51. The lowest BCUT2D eigenvalue weighted by Gasteiger charge is -2.20. The van der Waals surface area contributed by atoms with E-state index in [-0.39, 0.29) is 17.3 Å². The highest BCUT2D eigenvalue weighted by Crippen LogP contribution is 2.30. The second kappa shape index (κ2) is 7.19. The number of rotatable bonds is 5. The average Bonchev–Trinajstić information content (AvgIpc) is 3.06. The lowest BCUT2D eigenvalue weighted by Crippen LogP contribution is -2.22. The molecule has 5 heteroatoms. The Morgan fingerprint density at radius 3 is 2.48 bits per heavy atom. The van der Waals surface area contributed by atoms with Gasteiger partial charge in [0.1, 0.15) is 0 Å². The zero-order valence-corrected chi connectivity index (χ0v) is 14.7. The standard InChI is InChI=1S/C22H19NO4/c24-19-12-16(10-14-4-2-1-3-5-14)11-18-21(19)20(27-23-18)13-15-6-8-17(9-7-15)22(25)26/h1-9,16H,10-13H2,(H,25,26). The number of hydrogen-bond donors (Lipinski definition) is 1. The first kappa shape index (κ1) is 17.2. The van der Waals surface area contributed by atoms with E-state index >= 15 is 0 Å². The van der Waals surface area contributed by atoms with Gasteiger partial charge in [0.15, 0.2) is 11.5 Å². The highest BCUT2D eigenvalue weighted by atomic mass is 16.5. The SMILES string of the molecule is O=C(O)c1ccc(Cc2onc3c2C(=O)CC(Cc2ccccc2)C3)cc1. The van der Waals surface area contributed by atoms with Crippen LogP contribution in [-0.4, -0.2) is 22.0 Å². The summed E-state index contributed by atoms with van der Waals surface area (Å²) in [4.78, 5) is 23.7. The van der Waals surface area contributed by atoms with Crippen LogP contribution in [0.1, 0.15) is 49.7 Å². The number of benzene rings is 2. The van der Waals surface area contributed by atoms with E-state index in [1.807, 2.05) is 18.2 Å². The van der Waals surface area contributed by atoms with Crippen molar-refractivity contribution in [3.05, 3.63) is 88.3 Å². The summed E-state index contributed by atoms with van der Waals surface area (Å²) in [6.45, 7) is 0. The average molecular weight is 361 g/mol. The molecule has 0 saturated carbocycles. The molecule has 0 fully saturated rings. The van der Waals surface area contributed by atoms with Crippen LogP contribution in [0.15, 0.2) is 59.1 Å². The van der Waals surface area contributed by atoms with E-state index in [0.29, 0.717) is 24.2 Å². The van der Waals surface area contributed by atoms with Gasteiger partial charge in [0.25, 0.3) is 0 Å². The van der Waals surface area contributed by atoms with Gasteiger partial charge in [0.05, 0.1) is 16.8 Å². The van der Waals surface area contributed by atoms with Gasteiger partial charge >= 0.3 is 5.97 Å². The Morgan fingerprint density at radius 2 is 1.78 bits per heavy atom. The number of ketones is 1. The maximum absolute atomic E-state index is 12.7. The second-order valence-corrected chi connectivity index (χ2v) is 6.99. The van der Waals surface area contributed by atoms with Gasteiger partial charge in [-0.1, -0.05) is 47.6 Å². The quantitative estimate of drug-likeness (QED) is 0.744. The summed E-state index contributed by atoms with van der Waals surface area (Å²) < 4.78 is 5.48. The minimum absolute atomic E-state index is 0.0792. The number of fused-ring (bicyclic) bond motifs is 1. The van der Waals surface area contributed by atoms with Crippen molar-refractivity contribution in [1.29, 1.82) is 0 Å². The van der Waals surface area contributed by atoms with Crippen molar-refractivity contribution in [2.24, 2.45) is 5.92 Å². The van der Waals surface area contributed by atoms with Crippen LogP contribution < -0.4 is 0 Å². The van der Waals surface area contributed by atoms with Crippen LogP contribution in [0.2, 0.25) is 0 Å². The van der Waals surface area contributed by atoms with E-state index in [1.165, 1.54) is 5.56 Å². The van der Waals surface area contributed by atoms with Crippen LogP contribution in [0.3, 0.4) is 0 Å². The van der Waals surface area contributed by atoms with E-state index < -0.39 is 5.97 Å². The van der Waals surface area contributed by atoms with Crippen LogP contribution in [-0.2, 0) is 19.3 Å². The predicted octanol–water partition coefficient (Wildman–Crippen LogP) is 3.95. The van der Waals surface area contributed by atoms with E-state index in [0.717, 1.165) is 24.1 Å². The van der Waals surface area contributed by atoms with Gasteiger partial charge in [0, 0.05) is 12.8 Å². The molecule has 4 rings (SSSR count). The maximum atomic E-state index is 12.7. The molecule has 5 nitrogen and oxygen atoms in total. The van der Waals surface area contributed by atoms with Crippen LogP contribution >= 0.6 is 0 Å². The van der Waals surface area contributed by atoms with Gasteiger partial charge in [-0.15, -0.1) is 0 Å². The number of Topliss-reactive ketones (excluding diaryl/α,β-unsaturated/α-hetero) is 1. The number of nitrogens with zero attached hydrogens (tertiary/aromatic N) is 1. The van der Waals surface area contributed by atoms with Gasteiger partial charge in [-0.3, -0.25) is 4.79 Å². The number of carbonyl (C=O) groups is 2. The Hall–Kier alpha value is -3.21. The van der Waals surface area contributed by atoms with Crippen molar-refractivity contribution in [3.63, 3.8) is 0 Å². The summed E-state index contributed by atoms with van der Waals surface area (Å²) in [5.74, 6) is -0.0785. The summed E-state index contributed by atoms with van der Waals surface area (Å²) >= 11 is 0. The first-order valence-corrected chi connectivity index (χ1v) is 8.97. The molecule has 1 N–H and O–H groups in total. The molecule has 2 aromatic carbocycles. The van der Waals surface area contributed by atoms with Crippen molar-refractivity contribution in [2.75, 3.05) is 0 Å². The lowest BCUT2D eigenvalue weighted by molar-refractivity contribution is 0.0696. The van der Waals surface area contributed by atoms with Gasteiger partial charge in [-0.25, -0.2) is 4.79 Å². The van der Waals surface area contributed by atoms with E-state index in [2.05, 4.69) is 17.3 Å². The first-order chi connectivity index (χ1) is 13.1. The number of hydrogen-bond acceptors (Lipinski definition) is 4. The third-order valence-electron chi connectivity index (χ3n) is 5.00. The fraction of sp³-hybridized carbons (Fsp3) is 0.227. The minimum atomic E-state index is -0.960. The Labute approximate surface area is 156 Å². The van der Waals surface area contributed by atoms with Crippen LogP contribution in [0.25, 0.3) is 0 Å². The lowest BCUT2D eigenvalue weighted by atomic mass is 9.82. The smallest absolute Gasteiger partial charge is 0.335 e. The van der Waals surface area contributed by atoms with Crippen LogP contribution in [0, 0.1) is 5.92 Å². The zero-order valence-electron chi connectivity index (χ0n) is 14.7. The van der Waals surface area contributed by atoms with Gasteiger partial charge < -0.3 is 9.63 Å². The number of aromatic carboxylic acids is 1. The van der Waals surface area contributed by atoms with Crippen molar-refractivity contribution < 1.29 is 19.2 Å². The zero-order chi connectivity index (χ0) is 18.8. The molecule has 0 saturated heterocycles. The Bertz CT molecular complexity index is 973. The van der Waals surface area contributed by atoms with E-state index in [4.69, 9.17) is 9.63 Å². The van der Waals surface area contributed by atoms with Crippen LogP contribution in [0.4, 0.5) is 0 Å². The second-order valence-electron chi connectivity index (χ2n) is 6.99. The summed E-state index contributed by atoms with van der Waals surface area (Å²) in [7, 11) is 0. The molecular formula is C22H19NO4. The fourth-order valence-corrected chi connectivity index (χ4v) is 3.69. The third kappa shape index (κ3) is 3.67. The highest BCUT2D eigenvalue weighted by Gasteiger charge is 2.31. The molecule has 0 bridgehead atoms. The molecule has 1 aliphatic carbocycles. The molecular weight excluding hydrogens is 342 g/mol. The summed E-state index contributed by atoms with van der Waals surface area (Å²) in [5.41, 5.74) is 3.70. The normalized spacial score (nSPS) is 16.1.